The number of halogens is 1. The van der Waals surface area contributed by atoms with Gasteiger partial charge in [-0.15, -0.1) is 0 Å². The monoisotopic (exact) mass is 252 g/mol. The van der Waals surface area contributed by atoms with Crippen LogP contribution in [0, 0.1) is 5.82 Å². The smallest absolute Gasteiger partial charge is 0.123 e. The lowest BCUT2D eigenvalue weighted by atomic mass is 10.0. The first kappa shape index (κ1) is 13.3. The molecule has 0 bridgehead atoms. The van der Waals surface area contributed by atoms with Gasteiger partial charge in [0, 0.05) is 24.7 Å². The summed E-state index contributed by atoms with van der Waals surface area (Å²) in [5.74, 6) is 0.566. The number of nitrogens with one attached hydrogen (secondary N) is 1. The molecule has 0 radical (unpaired) electrons. The van der Waals surface area contributed by atoms with Crippen molar-refractivity contribution in [3.63, 3.8) is 0 Å². The molecule has 4 heteroatoms. The summed E-state index contributed by atoms with van der Waals surface area (Å²) in [4.78, 5) is 2.35. The number of methoxy groups -OCH3 is 1. The quantitative estimate of drug-likeness (QED) is 0.887. The number of hydrogen-bond donors (Lipinski definition) is 1. The molecule has 1 fully saturated rings. The summed E-state index contributed by atoms with van der Waals surface area (Å²) >= 11 is 0. The number of likely N-dealkylation sites (tertiary alicyclic amines) is 1. The molecule has 0 aromatic heterocycles. The fourth-order valence-electron chi connectivity index (χ4n) is 2.55. The first-order valence-corrected chi connectivity index (χ1v) is 6.45. The maximum absolute atomic E-state index is 13.3. The Kier molecular flexibility index (Phi) is 4.55. The zero-order valence-corrected chi connectivity index (χ0v) is 11.1. The second-order valence-corrected chi connectivity index (χ2v) is 4.82. The molecule has 1 aliphatic rings. The number of nitrogens with zero attached hydrogens (tertiary/aromatic N) is 1. The van der Waals surface area contributed by atoms with Gasteiger partial charge in [-0.05, 0) is 44.6 Å². The molecular formula is C14H21FN2O. The number of likely N-dealkylation sites (N-methyl/N-ethyl adjacent to an activating group) is 1. The van der Waals surface area contributed by atoms with E-state index in [9.17, 15) is 4.39 Å². The van der Waals surface area contributed by atoms with Gasteiger partial charge in [0.1, 0.15) is 11.6 Å². The molecule has 1 aliphatic heterocycles. The molecule has 18 heavy (non-hydrogen) atoms. The highest BCUT2D eigenvalue weighted by molar-refractivity contribution is 5.33. The molecule has 0 spiro atoms. The highest BCUT2D eigenvalue weighted by Gasteiger charge is 2.19. The molecule has 0 amide bonds. The van der Waals surface area contributed by atoms with E-state index in [4.69, 9.17) is 4.74 Å². The molecule has 1 aromatic rings. The van der Waals surface area contributed by atoms with Gasteiger partial charge in [-0.1, -0.05) is 0 Å². The molecule has 2 rings (SSSR count). The van der Waals surface area contributed by atoms with E-state index in [-0.39, 0.29) is 5.82 Å². The average Bonchev–Trinajstić information content (AvgIpc) is 2.39. The Hall–Kier alpha value is -1.13. The summed E-state index contributed by atoms with van der Waals surface area (Å²) in [5.41, 5.74) is 0.925. The first-order valence-electron chi connectivity index (χ1n) is 6.45. The second kappa shape index (κ2) is 6.16. The van der Waals surface area contributed by atoms with Crippen LogP contribution in [0.2, 0.25) is 0 Å². The molecule has 1 unspecified atom stereocenters. The molecule has 100 valence electrons. The molecule has 1 atom stereocenters. The third kappa shape index (κ3) is 3.21. The Balaban J connectivity index is 2.06. The van der Waals surface area contributed by atoms with Crippen molar-refractivity contribution in [2.75, 3.05) is 27.2 Å². The van der Waals surface area contributed by atoms with E-state index < -0.39 is 0 Å². The minimum absolute atomic E-state index is 0.201. The van der Waals surface area contributed by atoms with Crippen molar-refractivity contribution in [2.45, 2.75) is 25.4 Å². The second-order valence-electron chi connectivity index (χ2n) is 4.82. The van der Waals surface area contributed by atoms with Gasteiger partial charge in [0.25, 0.3) is 0 Å². The predicted octanol–water partition coefficient (Wildman–Crippen LogP) is 2.02. The standard InChI is InChI=1S/C14H21FN2O/c1-16-13-4-3-7-17(10-13)9-11-8-12(15)5-6-14(11)18-2/h5-6,8,13,16H,3-4,7,9-10H2,1-2H3. The lowest BCUT2D eigenvalue weighted by molar-refractivity contribution is 0.186. The Morgan fingerprint density at radius 3 is 3.06 bits per heavy atom. The van der Waals surface area contributed by atoms with Gasteiger partial charge in [-0.2, -0.15) is 0 Å². The van der Waals surface area contributed by atoms with Crippen LogP contribution in [0.4, 0.5) is 4.39 Å². The molecule has 1 aromatic carbocycles. The van der Waals surface area contributed by atoms with Crippen LogP contribution < -0.4 is 10.1 Å². The van der Waals surface area contributed by atoms with Crippen LogP contribution in [-0.2, 0) is 6.54 Å². The van der Waals surface area contributed by atoms with Crippen LogP contribution in [0.1, 0.15) is 18.4 Å². The SMILES string of the molecule is CNC1CCCN(Cc2cc(F)ccc2OC)C1. The average molecular weight is 252 g/mol. The van der Waals surface area contributed by atoms with Crippen molar-refractivity contribution in [1.29, 1.82) is 0 Å². The molecule has 1 N–H and O–H groups in total. The highest BCUT2D eigenvalue weighted by atomic mass is 19.1. The molecular weight excluding hydrogens is 231 g/mol. The van der Waals surface area contributed by atoms with Gasteiger partial charge in [-0.25, -0.2) is 4.39 Å². The van der Waals surface area contributed by atoms with Crippen molar-refractivity contribution >= 4 is 0 Å². The van der Waals surface area contributed by atoms with E-state index >= 15 is 0 Å². The van der Waals surface area contributed by atoms with Crippen LogP contribution in [0.5, 0.6) is 5.75 Å². The Labute approximate surface area is 108 Å². The first-order chi connectivity index (χ1) is 8.72. The van der Waals surface area contributed by atoms with E-state index in [0.717, 1.165) is 30.9 Å². The maximum atomic E-state index is 13.3. The van der Waals surface area contributed by atoms with Gasteiger partial charge in [0.2, 0.25) is 0 Å². The fourth-order valence-corrected chi connectivity index (χ4v) is 2.55. The van der Waals surface area contributed by atoms with Crippen LogP contribution in [0.15, 0.2) is 18.2 Å². The lowest BCUT2D eigenvalue weighted by Crippen LogP contribution is -2.43. The molecule has 1 heterocycles. The molecule has 1 saturated heterocycles. The minimum atomic E-state index is -0.201. The van der Waals surface area contributed by atoms with E-state index in [2.05, 4.69) is 10.2 Å². The van der Waals surface area contributed by atoms with Gasteiger partial charge < -0.3 is 10.1 Å². The number of rotatable bonds is 4. The summed E-state index contributed by atoms with van der Waals surface area (Å²) in [6.07, 6.45) is 2.40. The zero-order chi connectivity index (χ0) is 13.0. The van der Waals surface area contributed by atoms with Crippen molar-refractivity contribution in [3.8, 4) is 5.75 Å². The summed E-state index contributed by atoms with van der Waals surface area (Å²) in [7, 11) is 3.63. The molecule has 3 nitrogen and oxygen atoms in total. The summed E-state index contributed by atoms with van der Waals surface area (Å²) < 4.78 is 18.6. The number of piperidine rings is 1. The van der Waals surface area contributed by atoms with Crippen molar-refractivity contribution in [1.82, 2.24) is 10.2 Å². The summed E-state index contributed by atoms with van der Waals surface area (Å²) in [5, 5.41) is 3.31. The van der Waals surface area contributed by atoms with Gasteiger partial charge in [-0.3, -0.25) is 4.90 Å². The summed E-state index contributed by atoms with van der Waals surface area (Å²) in [6.45, 7) is 2.83. The van der Waals surface area contributed by atoms with E-state index in [1.165, 1.54) is 18.9 Å². The van der Waals surface area contributed by atoms with Gasteiger partial charge in [0.05, 0.1) is 7.11 Å². The summed E-state index contributed by atoms with van der Waals surface area (Å²) in [6, 6.07) is 5.25. The Bertz CT molecular complexity index is 397. The van der Waals surface area contributed by atoms with Gasteiger partial charge >= 0.3 is 0 Å². The van der Waals surface area contributed by atoms with Crippen molar-refractivity contribution in [2.24, 2.45) is 0 Å². The number of ether oxygens (including phenoxy) is 1. The fraction of sp³-hybridized carbons (Fsp3) is 0.571. The zero-order valence-electron chi connectivity index (χ0n) is 11.1. The molecule has 0 aliphatic carbocycles. The predicted molar refractivity (Wildman–Crippen MR) is 70.3 cm³/mol. The third-order valence-electron chi connectivity index (χ3n) is 3.55. The topological polar surface area (TPSA) is 24.5 Å². The van der Waals surface area contributed by atoms with E-state index in [1.54, 1.807) is 19.2 Å². The van der Waals surface area contributed by atoms with Crippen molar-refractivity contribution < 1.29 is 9.13 Å². The van der Waals surface area contributed by atoms with Crippen LogP contribution in [-0.4, -0.2) is 38.2 Å². The largest absolute Gasteiger partial charge is 0.496 e. The number of benzene rings is 1. The van der Waals surface area contributed by atoms with Crippen LogP contribution >= 0.6 is 0 Å². The van der Waals surface area contributed by atoms with Crippen LogP contribution in [0.3, 0.4) is 0 Å². The van der Waals surface area contributed by atoms with E-state index in [1.807, 2.05) is 7.05 Å². The maximum Gasteiger partial charge on any atom is 0.123 e. The lowest BCUT2D eigenvalue weighted by Gasteiger charge is -2.32. The van der Waals surface area contributed by atoms with Gasteiger partial charge in [0.15, 0.2) is 0 Å². The third-order valence-corrected chi connectivity index (χ3v) is 3.55. The highest BCUT2D eigenvalue weighted by Crippen LogP contribution is 2.22. The van der Waals surface area contributed by atoms with E-state index in [0.29, 0.717) is 6.04 Å². The Morgan fingerprint density at radius 2 is 2.33 bits per heavy atom. The molecule has 0 saturated carbocycles. The number of hydrogen-bond acceptors (Lipinski definition) is 3. The van der Waals surface area contributed by atoms with Crippen LogP contribution in [0.25, 0.3) is 0 Å². The Morgan fingerprint density at radius 1 is 1.50 bits per heavy atom. The van der Waals surface area contributed by atoms with Crippen molar-refractivity contribution in [3.05, 3.63) is 29.6 Å². The minimum Gasteiger partial charge on any atom is -0.496 e. The normalized spacial score (nSPS) is 20.9.